The van der Waals surface area contributed by atoms with Crippen molar-refractivity contribution in [1.82, 2.24) is 10.2 Å². The standard InChI is InChI=1S/C17H28N2O2/c1-13(15-4-5-16(20)17(12-15)21-3)18-9-6-14-7-10-19(2)11-8-14/h4-5,12-14,18,20H,6-11H2,1-3H3. The molecule has 1 fully saturated rings. The van der Waals surface area contributed by atoms with E-state index < -0.39 is 0 Å². The summed E-state index contributed by atoms with van der Waals surface area (Å²) in [6.45, 7) is 5.66. The molecule has 4 nitrogen and oxygen atoms in total. The Hall–Kier alpha value is -1.26. The molecule has 1 aliphatic rings. The predicted molar refractivity (Wildman–Crippen MR) is 85.9 cm³/mol. The van der Waals surface area contributed by atoms with Gasteiger partial charge < -0.3 is 20.1 Å². The molecule has 1 saturated heterocycles. The quantitative estimate of drug-likeness (QED) is 0.846. The average molecular weight is 292 g/mol. The van der Waals surface area contributed by atoms with Crippen LogP contribution in [0.15, 0.2) is 18.2 Å². The van der Waals surface area contributed by atoms with Crippen molar-refractivity contribution in [2.75, 3.05) is 33.8 Å². The number of rotatable bonds is 6. The first-order valence-electron chi connectivity index (χ1n) is 7.89. The monoisotopic (exact) mass is 292 g/mol. The molecule has 0 aliphatic carbocycles. The topological polar surface area (TPSA) is 44.7 Å². The Bertz CT molecular complexity index is 442. The van der Waals surface area contributed by atoms with E-state index in [1.54, 1.807) is 13.2 Å². The number of phenolic OH excluding ortho intramolecular Hbond substituents is 1. The van der Waals surface area contributed by atoms with Crippen LogP contribution in [-0.2, 0) is 0 Å². The number of nitrogens with one attached hydrogen (secondary N) is 1. The van der Waals surface area contributed by atoms with Crippen LogP contribution in [0.5, 0.6) is 11.5 Å². The van der Waals surface area contributed by atoms with E-state index in [0.29, 0.717) is 5.75 Å². The lowest BCUT2D eigenvalue weighted by Gasteiger charge is -2.29. The molecule has 1 atom stereocenters. The van der Waals surface area contributed by atoms with Crippen molar-refractivity contribution in [1.29, 1.82) is 0 Å². The Balaban J connectivity index is 1.78. The summed E-state index contributed by atoms with van der Waals surface area (Å²) in [6.07, 6.45) is 3.88. The Morgan fingerprint density at radius 1 is 1.38 bits per heavy atom. The van der Waals surface area contributed by atoms with E-state index in [-0.39, 0.29) is 11.8 Å². The summed E-state index contributed by atoms with van der Waals surface area (Å²) in [7, 11) is 3.78. The van der Waals surface area contributed by atoms with Crippen molar-refractivity contribution in [3.63, 3.8) is 0 Å². The maximum atomic E-state index is 9.64. The highest BCUT2D eigenvalue weighted by molar-refractivity contribution is 5.42. The van der Waals surface area contributed by atoms with Crippen molar-refractivity contribution >= 4 is 0 Å². The first-order valence-corrected chi connectivity index (χ1v) is 7.89. The molecular weight excluding hydrogens is 264 g/mol. The predicted octanol–water partition coefficient (Wildman–Crippen LogP) is 2.78. The fourth-order valence-corrected chi connectivity index (χ4v) is 2.94. The minimum Gasteiger partial charge on any atom is -0.504 e. The van der Waals surface area contributed by atoms with E-state index in [1.807, 2.05) is 12.1 Å². The molecule has 118 valence electrons. The second kappa shape index (κ2) is 7.66. The smallest absolute Gasteiger partial charge is 0.160 e. The molecule has 4 heteroatoms. The van der Waals surface area contributed by atoms with Crippen LogP contribution in [0.25, 0.3) is 0 Å². The van der Waals surface area contributed by atoms with Gasteiger partial charge in [0.25, 0.3) is 0 Å². The Kier molecular flexibility index (Phi) is 5.88. The number of nitrogens with zero attached hydrogens (tertiary/aromatic N) is 1. The maximum Gasteiger partial charge on any atom is 0.160 e. The third-order valence-corrected chi connectivity index (χ3v) is 4.55. The minimum atomic E-state index is 0.194. The summed E-state index contributed by atoms with van der Waals surface area (Å²) in [5.74, 6) is 1.59. The van der Waals surface area contributed by atoms with Crippen LogP contribution in [0.3, 0.4) is 0 Å². The molecule has 1 aromatic rings. The number of likely N-dealkylation sites (tertiary alicyclic amines) is 1. The minimum absolute atomic E-state index is 0.194. The molecule has 0 radical (unpaired) electrons. The lowest BCUT2D eigenvalue weighted by atomic mass is 9.93. The van der Waals surface area contributed by atoms with Gasteiger partial charge in [-0.1, -0.05) is 6.07 Å². The number of ether oxygens (including phenoxy) is 1. The SMILES string of the molecule is COc1cc(C(C)NCCC2CCN(C)CC2)ccc1O. The number of hydrogen-bond acceptors (Lipinski definition) is 4. The molecular formula is C17H28N2O2. The molecule has 2 N–H and O–H groups in total. The zero-order chi connectivity index (χ0) is 15.2. The molecule has 0 spiro atoms. The number of hydrogen-bond donors (Lipinski definition) is 2. The number of piperidine rings is 1. The molecule has 2 rings (SSSR count). The second-order valence-electron chi connectivity index (χ2n) is 6.14. The van der Waals surface area contributed by atoms with Gasteiger partial charge in [-0.05, 0) is 76.5 Å². The fourth-order valence-electron chi connectivity index (χ4n) is 2.94. The highest BCUT2D eigenvalue weighted by Gasteiger charge is 2.16. The highest BCUT2D eigenvalue weighted by atomic mass is 16.5. The third kappa shape index (κ3) is 4.61. The van der Waals surface area contributed by atoms with Crippen molar-refractivity contribution in [3.05, 3.63) is 23.8 Å². The Morgan fingerprint density at radius 2 is 2.10 bits per heavy atom. The Labute approximate surface area is 128 Å². The average Bonchev–Trinajstić information content (AvgIpc) is 2.49. The van der Waals surface area contributed by atoms with Gasteiger partial charge >= 0.3 is 0 Å². The second-order valence-corrected chi connectivity index (χ2v) is 6.14. The van der Waals surface area contributed by atoms with Gasteiger partial charge in [0, 0.05) is 6.04 Å². The summed E-state index contributed by atoms with van der Waals surface area (Å²) in [4.78, 5) is 2.41. The van der Waals surface area contributed by atoms with Gasteiger partial charge in [0.15, 0.2) is 11.5 Å². The molecule has 1 heterocycles. The summed E-state index contributed by atoms with van der Waals surface area (Å²) in [6, 6.07) is 5.82. The van der Waals surface area contributed by atoms with Crippen molar-refractivity contribution < 1.29 is 9.84 Å². The van der Waals surface area contributed by atoms with E-state index in [9.17, 15) is 5.11 Å². The normalized spacial score (nSPS) is 18.6. The van der Waals surface area contributed by atoms with Gasteiger partial charge in [-0.2, -0.15) is 0 Å². The maximum absolute atomic E-state index is 9.64. The molecule has 0 bridgehead atoms. The van der Waals surface area contributed by atoms with Crippen LogP contribution in [0.4, 0.5) is 0 Å². The largest absolute Gasteiger partial charge is 0.504 e. The molecule has 0 aromatic heterocycles. The molecule has 0 amide bonds. The van der Waals surface area contributed by atoms with Gasteiger partial charge in [0.2, 0.25) is 0 Å². The van der Waals surface area contributed by atoms with Crippen LogP contribution < -0.4 is 10.1 Å². The summed E-state index contributed by atoms with van der Waals surface area (Å²) in [5.41, 5.74) is 1.15. The zero-order valence-electron chi connectivity index (χ0n) is 13.4. The zero-order valence-corrected chi connectivity index (χ0v) is 13.4. The van der Waals surface area contributed by atoms with E-state index in [4.69, 9.17) is 4.74 Å². The van der Waals surface area contributed by atoms with Crippen LogP contribution in [0.1, 0.15) is 37.8 Å². The van der Waals surface area contributed by atoms with Gasteiger partial charge in [-0.15, -0.1) is 0 Å². The van der Waals surface area contributed by atoms with Crippen molar-refractivity contribution in [2.24, 2.45) is 5.92 Å². The van der Waals surface area contributed by atoms with E-state index >= 15 is 0 Å². The molecule has 1 unspecified atom stereocenters. The van der Waals surface area contributed by atoms with Gasteiger partial charge in [0.1, 0.15) is 0 Å². The summed E-state index contributed by atoms with van der Waals surface area (Å²) in [5, 5.41) is 13.2. The lowest BCUT2D eigenvalue weighted by Crippen LogP contribution is -2.32. The van der Waals surface area contributed by atoms with Crippen molar-refractivity contribution in [3.8, 4) is 11.5 Å². The van der Waals surface area contributed by atoms with Crippen LogP contribution in [0, 0.1) is 5.92 Å². The first-order chi connectivity index (χ1) is 10.1. The van der Waals surface area contributed by atoms with Crippen LogP contribution in [0.2, 0.25) is 0 Å². The Morgan fingerprint density at radius 3 is 2.76 bits per heavy atom. The van der Waals surface area contributed by atoms with Gasteiger partial charge in [0.05, 0.1) is 7.11 Å². The third-order valence-electron chi connectivity index (χ3n) is 4.55. The highest BCUT2D eigenvalue weighted by Crippen LogP contribution is 2.29. The van der Waals surface area contributed by atoms with Crippen LogP contribution in [-0.4, -0.2) is 43.8 Å². The molecule has 0 saturated carbocycles. The van der Waals surface area contributed by atoms with E-state index in [0.717, 1.165) is 18.0 Å². The van der Waals surface area contributed by atoms with Crippen molar-refractivity contribution in [2.45, 2.75) is 32.2 Å². The van der Waals surface area contributed by atoms with Crippen LogP contribution >= 0.6 is 0 Å². The van der Waals surface area contributed by atoms with Gasteiger partial charge in [-0.3, -0.25) is 0 Å². The lowest BCUT2D eigenvalue weighted by molar-refractivity contribution is 0.211. The fraction of sp³-hybridized carbons (Fsp3) is 0.647. The number of benzene rings is 1. The summed E-state index contributed by atoms with van der Waals surface area (Å²) >= 11 is 0. The van der Waals surface area contributed by atoms with Gasteiger partial charge in [-0.25, -0.2) is 0 Å². The number of phenols is 1. The summed E-state index contributed by atoms with van der Waals surface area (Å²) < 4.78 is 5.16. The van der Waals surface area contributed by atoms with E-state index in [1.165, 1.54) is 32.4 Å². The first kappa shape index (κ1) is 16.1. The molecule has 1 aromatic carbocycles. The molecule has 21 heavy (non-hydrogen) atoms. The number of methoxy groups -OCH3 is 1. The number of aromatic hydroxyl groups is 1. The molecule has 1 aliphatic heterocycles. The van der Waals surface area contributed by atoms with E-state index in [2.05, 4.69) is 24.2 Å².